The van der Waals surface area contributed by atoms with Crippen LogP contribution in [0.1, 0.15) is 50.5 Å². The number of hydrogen-bond donors (Lipinski definition) is 2. The minimum atomic E-state index is 0.180. The van der Waals surface area contributed by atoms with Crippen LogP contribution in [0.2, 0.25) is 0 Å². The van der Waals surface area contributed by atoms with E-state index in [9.17, 15) is 4.79 Å². The summed E-state index contributed by atoms with van der Waals surface area (Å²) in [7, 11) is 0. The molecule has 1 aliphatic rings. The molecule has 116 valence electrons. The molecule has 0 aliphatic heterocycles. The number of rotatable bonds is 9. The van der Waals surface area contributed by atoms with Gasteiger partial charge in [0, 0.05) is 22.9 Å². The van der Waals surface area contributed by atoms with Crippen LogP contribution in [0.25, 0.3) is 0 Å². The normalized spacial score (nSPS) is 15.7. The zero-order valence-corrected chi connectivity index (χ0v) is 14.1. The molecular weight excluding hydrogens is 328 g/mol. The SMILES string of the molecule is NCCCCCCC(=O)NCC1(c2cccc(Br)c2)CC1. The summed E-state index contributed by atoms with van der Waals surface area (Å²) < 4.78 is 1.11. The van der Waals surface area contributed by atoms with Crippen molar-refractivity contribution in [1.29, 1.82) is 0 Å². The van der Waals surface area contributed by atoms with Crippen LogP contribution in [0.3, 0.4) is 0 Å². The maximum atomic E-state index is 11.9. The Hall–Kier alpha value is -0.870. The minimum Gasteiger partial charge on any atom is -0.355 e. The highest BCUT2D eigenvalue weighted by molar-refractivity contribution is 9.10. The van der Waals surface area contributed by atoms with Crippen LogP contribution in [0.15, 0.2) is 28.7 Å². The molecule has 0 aromatic heterocycles. The van der Waals surface area contributed by atoms with Crippen molar-refractivity contribution in [3.63, 3.8) is 0 Å². The molecule has 0 saturated heterocycles. The van der Waals surface area contributed by atoms with Crippen molar-refractivity contribution in [3.05, 3.63) is 34.3 Å². The van der Waals surface area contributed by atoms with Gasteiger partial charge in [-0.05, 0) is 49.9 Å². The van der Waals surface area contributed by atoms with Crippen LogP contribution in [0, 0.1) is 0 Å². The van der Waals surface area contributed by atoms with Crippen molar-refractivity contribution in [3.8, 4) is 0 Å². The fraction of sp³-hybridized carbons (Fsp3) is 0.588. The average Bonchev–Trinajstić information content (AvgIpc) is 3.26. The Balaban J connectivity index is 1.71. The Morgan fingerprint density at radius 1 is 1.24 bits per heavy atom. The third kappa shape index (κ3) is 5.11. The molecule has 1 amide bonds. The van der Waals surface area contributed by atoms with E-state index < -0.39 is 0 Å². The second-order valence-electron chi connectivity index (χ2n) is 6.02. The summed E-state index contributed by atoms with van der Waals surface area (Å²) in [6, 6.07) is 8.45. The zero-order valence-electron chi connectivity index (χ0n) is 12.5. The molecule has 1 aliphatic carbocycles. The predicted octanol–water partition coefficient (Wildman–Crippen LogP) is 3.51. The second-order valence-corrected chi connectivity index (χ2v) is 6.94. The van der Waals surface area contributed by atoms with E-state index in [1.807, 2.05) is 6.07 Å². The van der Waals surface area contributed by atoms with E-state index in [0.29, 0.717) is 6.42 Å². The van der Waals surface area contributed by atoms with Gasteiger partial charge in [-0.1, -0.05) is 40.9 Å². The first-order valence-corrected chi connectivity index (χ1v) is 8.68. The van der Waals surface area contributed by atoms with Crippen LogP contribution < -0.4 is 11.1 Å². The lowest BCUT2D eigenvalue weighted by atomic mass is 9.96. The van der Waals surface area contributed by atoms with Gasteiger partial charge in [0.1, 0.15) is 0 Å². The van der Waals surface area contributed by atoms with Gasteiger partial charge in [0.25, 0.3) is 0 Å². The molecule has 0 spiro atoms. The molecule has 1 aromatic carbocycles. The quantitative estimate of drug-likeness (QED) is 0.668. The zero-order chi connectivity index (χ0) is 15.1. The molecule has 1 fully saturated rings. The highest BCUT2D eigenvalue weighted by Gasteiger charge is 2.44. The highest BCUT2D eigenvalue weighted by atomic mass is 79.9. The van der Waals surface area contributed by atoms with Gasteiger partial charge in [-0.15, -0.1) is 0 Å². The predicted molar refractivity (Wildman–Crippen MR) is 90.2 cm³/mol. The van der Waals surface area contributed by atoms with Gasteiger partial charge < -0.3 is 11.1 Å². The number of nitrogens with two attached hydrogens (primary N) is 1. The van der Waals surface area contributed by atoms with E-state index in [2.05, 4.69) is 39.4 Å². The molecule has 1 aromatic rings. The molecule has 0 radical (unpaired) electrons. The van der Waals surface area contributed by atoms with Gasteiger partial charge in [-0.2, -0.15) is 0 Å². The van der Waals surface area contributed by atoms with E-state index in [1.165, 1.54) is 18.4 Å². The van der Waals surface area contributed by atoms with Crippen LogP contribution >= 0.6 is 15.9 Å². The summed E-state index contributed by atoms with van der Waals surface area (Å²) in [4.78, 5) is 11.9. The van der Waals surface area contributed by atoms with Gasteiger partial charge >= 0.3 is 0 Å². The van der Waals surface area contributed by atoms with Crippen molar-refractivity contribution in [1.82, 2.24) is 5.32 Å². The highest BCUT2D eigenvalue weighted by Crippen LogP contribution is 2.48. The first kappa shape index (κ1) is 16.5. The molecule has 4 heteroatoms. The summed E-state index contributed by atoms with van der Waals surface area (Å²) in [6.07, 6.45) is 7.23. The third-order valence-corrected chi connectivity index (χ3v) is 4.77. The number of halogens is 1. The molecule has 0 heterocycles. The fourth-order valence-corrected chi connectivity index (χ4v) is 3.08. The molecule has 0 unspecified atom stereocenters. The lowest BCUT2D eigenvalue weighted by Gasteiger charge is -2.17. The van der Waals surface area contributed by atoms with E-state index in [-0.39, 0.29) is 11.3 Å². The molecule has 3 N–H and O–H groups in total. The first-order chi connectivity index (χ1) is 10.2. The van der Waals surface area contributed by atoms with Crippen LogP contribution in [0.4, 0.5) is 0 Å². The first-order valence-electron chi connectivity index (χ1n) is 7.89. The van der Waals surface area contributed by atoms with E-state index in [1.54, 1.807) is 0 Å². The Bertz CT molecular complexity index is 472. The molecule has 1 saturated carbocycles. The van der Waals surface area contributed by atoms with Crippen molar-refractivity contribution < 1.29 is 4.79 Å². The molecule has 0 atom stereocenters. The number of benzene rings is 1. The minimum absolute atomic E-state index is 0.180. The lowest BCUT2D eigenvalue weighted by Crippen LogP contribution is -2.32. The van der Waals surface area contributed by atoms with Crippen molar-refractivity contribution in [2.45, 2.75) is 50.4 Å². The number of hydrogen-bond acceptors (Lipinski definition) is 2. The molecular formula is C17H25BrN2O. The number of amides is 1. The van der Waals surface area contributed by atoms with E-state index in [4.69, 9.17) is 5.73 Å². The number of nitrogens with one attached hydrogen (secondary N) is 1. The maximum absolute atomic E-state index is 11.9. The summed E-state index contributed by atoms with van der Waals surface area (Å²) in [6.45, 7) is 1.52. The Morgan fingerprint density at radius 2 is 2.00 bits per heavy atom. The molecule has 0 bridgehead atoms. The molecule has 21 heavy (non-hydrogen) atoms. The van der Waals surface area contributed by atoms with Crippen molar-refractivity contribution >= 4 is 21.8 Å². The number of carbonyl (C=O) groups excluding carboxylic acids is 1. The molecule has 3 nitrogen and oxygen atoms in total. The summed E-state index contributed by atoms with van der Waals surface area (Å²) in [5.74, 6) is 0.184. The Kier molecular flexibility index (Phi) is 6.24. The van der Waals surface area contributed by atoms with E-state index >= 15 is 0 Å². The standard InChI is InChI=1S/C17H25BrN2O/c18-15-7-5-6-14(12-15)17(9-10-17)13-20-16(21)8-3-1-2-4-11-19/h5-7,12H,1-4,8-11,13,19H2,(H,20,21). The van der Waals surface area contributed by atoms with Gasteiger partial charge in [0.2, 0.25) is 5.91 Å². The van der Waals surface area contributed by atoms with Crippen LogP contribution in [-0.4, -0.2) is 19.0 Å². The largest absolute Gasteiger partial charge is 0.355 e. The third-order valence-electron chi connectivity index (χ3n) is 4.27. The summed E-state index contributed by atoms with van der Waals surface area (Å²) in [5, 5.41) is 3.12. The van der Waals surface area contributed by atoms with Crippen LogP contribution in [0.5, 0.6) is 0 Å². The van der Waals surface area contributed by atoms with Crippen LogP contribution in [-0.2, 0) is 10.2 Å². The van der Waals surface area contributed by atoms with Crippen molar-refractivity contribution in [2.75, 3.05) is 13.1 Å². The maximum Gasteiger partial charge on any atom is 0.220 e. The van der Waals surface area contributed by atoms with E-state index in [0.717, 1.165) is 43.2 Å². The Morgan fingerprint density at radius 3 is 2.67 bits per heavy atom. The lowest BCUT2D eigenvalue weighted by molar-refractivity contribution is -0.121. The van der Waals surface area contributed by atoms with Gasteiger partial charge in [0.15, 0.2) is 0 Å². The molecule has 2 rings (SSSR count). The van der Waals surface area contributed by atoms with Gasteiger partial charge in [0.05, 0.1) is 0 Å². The summed E-state index contributed by atoms with van der Waals surface area (Å²) in [5.41, 5.74) is 6.97. The van der Waals surface area contributed by atoms with Gasteiger partial charge in [-0.3, -0.25) is 4.79 Å². The van der Waals surface area contributed by atoms with Crippen molar-refractivity contribution in [2.24, 2.45) is 5.73 Å². The average molecular weight is 353 g/mol. The monoisotopic (exact) mass is 352 g/mol. The number of carbonyl (C=O) groups is 1. The topological polar surface area (TPSA) is 55.1 Å². The fourth-order valence-electron chi connectivity index (χ4n) is 2.68. The van der Waals surface area contributed by atoms with Gasteiger partial charge in [-0.25, -0.2) is 0 Å². The number of unbranched alkanes of at least 4 members (excludes halogenated alkanes) is 3. The Labute approximate surface area is 135 Å². The summed E-state index contributed by atoms with van der Waals surface area (Å²) >= 11 is 3.52. The smallest absolute Gasteiger partial charge is 0.220 e. The second kappa shape index (κ2) is 7.95.